The van der Waals surface area contributed by atoms with Crippen LogP contribution in [0.2, 0.25) is 0 Å². The monoisotopic (exact) mass is 419 g/mol. The maximum Gasteiger partial charge on any atom is 0.0944 e. The van der Waals surface area contributed by atoms with E-state index >= 15 is 0 Å². The van der Waals surface area contributed by atoms with Crippen LogP contribution in [0.1, 0.15) is 80.5 Å². The SMILES string of the molecule is CC.CNc1c(C)ccc2n[nH]c(C3CC3)c12.Cc1ccc2n[nH]c(C)c2c1C(C)C. The van der Waals surface area contributed by atoms with Crippen LogP contribution in [0.25, 0.3) is 21.8 Å². The van der Waals surface area contributed by atoms with E-state index in [2.05, 4.69) is 84.6 Å². The Kier molecular flexibility index (Phi) is 7.04. The molecule has 4 aromatic rings. The number of fused-ring (bicyclic) bond motifs is 2. The van der Waals surface area contributed by atoms with E-state index < -0.39 is 0 Å². The average molecular weight is 420 g/mol. The van der Waals surface area contributed by atoms with E-state index in [1.54, 1.807) is 0 Å². The molecule has 3 N–H and O–H groups in total. The van der Waals surface area contributed by atoms with Crippen molar-refractivity contribution in [2.75, 3.05) is 12.4 Å². The molecular formula is C26H37N5. The minimum absolute atomic E-state index is 0.551. The molecule has 1 aliphatic rings. The number of H-pyrrole nitrogens is 2. The van der Waals surface area contributed by atoms with Crippen molar-refractivity contribution >= 4 is 27.5 Å². The standard InChI is InChI=1S/C12H15N3.C12H16N2.C2H6/c1-7-3-6-9-10(11(7)13-2)12(15-14-9)8-4-5-8;1-7(2)11-8(3)5-6-10-12(11)9(4)13-14-10;1-2/h3,6,8,13H,4-5H2,1-2H3,(H,14,15);5-7H,1-4H3,(H,13,14);1-2H3. The Hall–Kier alpha value is -2.82. The molecule has 0 saturated heterocycles. The maximum atomic E-state index is 4.36. The zero-order chi connectivity index (χ0) is 22.7. The lowest BCUT2D eigenvalue weighted by Gasteiger charge is -2.11. The highest BCUT2D eigenvalue weighted by Gasteiger charge is 2.28. The summed E-state index contributed by atoms with van der Waals surface area (Å²) in [6.45, 7) is 14.8. The van der Waals surface area contributed by atoms with Crippen molar-refractivity contribution < 1.29 is 0 Å². The number of rotatable bonds is 3. The lowest BCUT2D eigenvalue weighted by atomic mass is 9.93. The van der Waals surface area contributed by atoms with Crippen molar-refractivity contribution in [3.8, 4) is 0 Å². The van der Waals surface area contributed by atoms with Gasteiger partial charge in [-0.3, -0.25) is 10.2 Å². The van der Waals surface area contributed by atoms with E-state index in [9.17, 15) is 0 Å². The van der Waals surface area contributed by atoms with Gasteiger partial charge in [0.25, 0.3) is 0 Å². The van der Waals surface area contributed by atoms with Crippen LogP contribution < -0.4 is 5.32 Å². The first-order valence-electron chi connectivity index (χ1n) is 11.5. The molecule has 1 aliphatic carbocycles. The van der Waals surface area contributed by atoms with Crippen LogP contribution in [0.4, 0.5) is 5.69 Å². The number of nitrogens with zero attached hydrogens (tertiary/aromatic N) is 2. The molecule has 0 aliphatic heterocycles. The van der Waals surface area contributed by atoms with Gasteiger partial charge in [-0.2, -0.15) is 10.2 Å². The normalized spacial score (nSPS) is 13.1. The van der Waals surface area contributed by atoms with Crippen molar-refractivity contribution in [2.45, 2.75) is 73.1 Å². The van der Waals surface area contributed by atoms with Gasteiger partial charge < -0.3 is 5.32 Å². The van der Waals surface area contributed by atoms with E-state index in [0.29, 0.717) is 11.8 Å². The Morgan fingerprint density at radius 3 is 2.03 bits per heavy atom. The summed E-state index contributed by atoms with van der Waals surface area (Å²) in [7, 11) is 1.98. The van der Waals surface area contributed by atoms with Crippen molar-refractivity contribution in [2.24, 2.45) is 0 Å². The van der Waals surface area contributed by atoms with E-state index in [4.69, 9.17) is 0 Å². The fourth-order valence-electron chi connectivity index (χ4n) is 4.37. The Morgan fingerprint density at radius 2 is 1.45 bits per heavy atom. The molecule has 2 aromatic heterocycles. The molecule has 0 atom stereocenters. The summed E-state index contributed by atoms with van der Waals surface area (Å²) in [5.41, 5.74) is 9.94. The van der Waals surface area contributed by atoms with Crippen LogP contribution in [-0.2, 0) is 0 Å². The molecule has 2 heterocycles. The van der Waals surface area contributed by atoms with E-state index in [1.807, 2.05) is 20.9 Å². The topological polar surface area (TPSA) is 69.4 Å². The van der Waals surface area contributed by atoms with E-state index in [0.717, 1.165) is 11.0 Å². The average Bonchev–Trinajstić information content (AvgIpc) is 3.42. The smallest absolute Gasteiger partial charge is 0.0944 e. The number of aryl methyl sites for hydroxylation is 3. The second kappa shape index (κ2) is 9.54. The zero-order valence-corrected chi connectivity index (χ0v) is 20.3. The van der Waals surface area contributed by atoms with Gasteiger partial charge in [0.05, 0.1) is 11.0 Å². The van der Waals surface area contributed by atoms with Crippen LogP contribution in [0.3, 0.4) is 0 Å². The van der Waals surface area contributed by atoms with Crippen molar-refractivity contribution in [1.82, 2.24) is 20.4 Å². The first-order chi connectivity index (χ1) is 14.9. The lowest BCUT2D eigenvalue weighted by molar-refractivity contribution is 0.866. The third-order valence-electron chi connectivity index (χ3n) is 5.93. The number of hydrogen-bond acceptors (Lipinski definition) is 3. The number of aromatic nitrogens is 4. The third kappa shape index (κ3) is 4.46. The Labute approximate surface area is 186 Å². The number of nitrogens with one attached hydrogen (secondary N) is 3. The summed E-state index contributed by atoms with van der Waals surface area (Å²) < 4.78 is 0. The predicted octanol–water partition coefficient (Wildman–Crippen LogP) is 7.12. The molecule has 166 valence electrons. The molecule has 1 fully saturated rings. The van der Waals surface area contributed by atoms with Gasteiger partial charge in [-0.1, -0.05) is 39.8 Å². The largest absolute Gasteiger partial charge is 0.387 e. The summed E-state index contributed by atoms with van der Waals surface area (Å²) in [4.78, 5) is 0. The molecule has 5 rings (SSSR count). The molecule has 5 heteroatoms. The van der Waals surface area contributed by atoms with Crippen LogP contribution >= 0.6 is 0 Å². The number of aromatic amines is 2. The second-order valence-electron chi connectivity index (χ2n) is 8.51. The molecule has 0 unspecified atom stereocenters. The van der Waals surface area contributed by atoms with Crippen molar-refractivity contribution in [3.05, 3.63) is 52.3 Å². The highest BCUT2D eigenvalue weighted by Crippen LogP contribution is 2.44. The molecule has 0 amide bonds. The fraction of sp³-hybridized carbons (Fsp3) is 0.462. The quantitative estimate of drug-likeness (QED) is 0.331. The Morgan fingerprint density at radius 1 is 0.871 bits per heavy atom. The molecule has 0 bridgehead atoms. The summed E-state index contributed by atoms with van der Waals surface area (Å²) in [6.07, 6.45) is 2.60. The van der Waals surface area contributed by atoms with E-state index in [1.165, 1.54) is 57.4 Å². The van der Waals surface area contributed by atoms with Crippen molar-refractivity contribution in [3.63, 3.8) is 0 Å². The summed E-state index contributed by atoms with van der Waals surface area (Å²) in [5, 5.41) is 20.8. The predicted molar refractivity (Wildman–Crippen MR) is 133 cm³/mol. The van der Waals surface area contributed by atoms with Gasteiger partial charge in [0, 0.05) is 40.8 Å². The summed E-state index contributed by atoms with van der Waals surface area (Å²) in [5.74, 6) is 1.26. The third-order valence-corrected chi connectivity index (χ3v) is 5.93. The highest BCUT2D eigenvalue weighted by molar-refractivity contribution is 5.95. The van der Waals surface area contributed by atoms with Gasteiger partial charge in [0.15, 0.2) is 0 Å². The molecule has 0 spiro atoms. The Balaban J connectivity index is 0.000000163. The van der Waals surface area contributed by atoms with Crippen LogP contribution in [0, 0.1) is 20.8 Å². The van der Waals surface area contributed by atoms with Gasteiger partial charge >= 0.3 is 0 Å². The second-order valence-corrected chi connectivity index (χ2v) is 8.51. The van der Waals surface area contributed by atoms with Crippen molar-refractivity contribution in [1.29, 1.82) is 0 Å². The molecular weight excluding hydrogens is 382 g/mol. The van der Waals surface area contributed by atoms with Gasteiger partial charge in [-0.25, -0.2) is 0 Å². The van der Waals surface area contributed by atoms with Crippen LogP contribution in [0.15, 0.2) is 24.3 Å². The van der Waals surface area contributed by atoms with Gasteiger partial charge in [0.1, 0.15) is 0 Å². The molecule has 31 heavy (non-hydrogen) atoms. The fourth-order valence-corrected chi connectivity index (χ4v) is 4.37. The number of benzene rings is 2. The van der Waals surface area contributed by atoms with Gasteiger partial charge in [-0.15, -0.1) is 0 Å². The van der Waals surface area contributed by atoms with Gasteiger partial charge in [-0.05, 0) is 68.4 Å². The first-order valence-corrected chi connectivity index (χ1v) is 11.5. The Bertz CT molecular complexity index is 1160. The maximum absolute atomic E-state index is 4.36. The van der Waals surface area contributed by atoms with Crippen LogP contribution in [-0.4, -0.2) is 27.4 Å². The minimum atomic E-state index is 0.551. The van der Waals surface area contributed by atoms with Crippen LogP contribution in [0.5, 0.6) is 0 Å². The highest BCUT2D eigenvalue weighted by atomic mass is 15.1. The molecule has 0 radical (unpaired) electrons. The zero-order valence-electron chi connectivity index (χ0n) is 20.3. The van der Waals surface area contributed by atoms with Gasteiger partial charge in [0.2, 0.25) is 0 Å². The minimum Gasteiger partial charge on any atom is -0.387 e. The molecule has 2 aromatic carbocycles. The lowest BCUT2D eigenvalue weighted by Crippen LogP contribution is -1.93. The summed E-state index contributed by atoms with van der Waals surface area (Å²) >= 11 is 0. The summed E-state index contributed by atoms with van der Waals surface area (Å²) in [6, 6.07) is 8.44. The first kappa shape index (κ1) is 22.9. The number of anilines is 1. The number of hydrogen-bond donors (Lipinski definition) is 3. The molecule has 1 saturated carbocycles. The van der Waals surface area contributed by atoms with E-state index in [-0.39, 0.29) is 0 Å². The molecule has 5 nitrogen and oxygen atoms in total.